The number of hydrogen-bond acceptors (Lipinski definition) is 5. The lowest BCUT2D eigenvalue weighted by atomic mass is 10.2. The number of carbonyl (C=O) groups excluding carboxylic acids is 1. The third kappa shape index (κ3) is 4.98. The fraction of sp³-hybridized carbons (Fsp3) is 0.391. The van der Waals surface area contributed by atoms with Gasteiger partial charge in [-0.25, -0.2) is 4.68 Å². The molecular formula is C23H28N4O2S. The van der Waals surface area contributed by atoms with E-state index in [2.05, 4.69) is 24.1 Å². The van der Waals surface area contributed by atoms with Crippen LogP contribution in [0.2, 0.25) is 0 Å². The molecule has 158 valence electrons. The normalized spacial score (nSPS) is 19.7. The van der Waals surface area contributed by atoms with E-state index in [0.717, 1.165) is 42.3 Å². The summed E-state index contributed by atoms with van der Waals surface area (Å²) in [6, 6.07) is 15.7. The Bertz CT molecular complexity index is 945. The molecule has 0 radical (unpaired) electrons. The SMILES string of the molecule is C[C@H]1CN(CCCNC(=O)c2cc(-c3cccs3)nn2-c2ccccc2)C[C@H](C)O1. The number of rotatable bonds is 7. The Balaban J connectivity index is 1.41. The zero-order valence-corrected chi connectivity index (χ0v) is 18.3. The summed E-state index contributed by atoms with van der Waals surface area (Å²) in [4.78, 5) is 16.4. The minimum atomic E-state index is -0.0992. The highest BCUT2D eigenvalue weighted by Gasteiger charge is 2.22. The molecule has 3 aromatic rings. The van der Waals surface area contributed by atoms with Gasteiger partial charge in [0.2, 0.25) is 0 Å². The number of hydrogen-bond donors (Lipinski definition) is 1. The predicted octanol–water partition coefficient (Wildman–Crippen LogP) is 3.83. The van der Waals surface area contributed by atoms with Gasteiger partial charge in [-0.05, 0) is 49.9 Å². The van der Waals surface area contributed by atoms with Crippen molar-refractivity contribution < 1.29 is 9.53 Å². The molecule has 1 amide bonds. The van der Waals surface area contributed by atoms with Gasteiger partial charge in [0.15, 0.2) is 0 Å². The Hall–Kier alpha value is -2.48. The van der Waals surface area contributed by atoms with Crippen LogP contribution in [0.5, 0.6) is 0 Å². The summed E-state index contributed by atoms with van der Waals surface area (Å²) in [5.74, 6) is -0.0992. The van der Waals surface area contributed by atoms with Crippen LogP contribution in [0.4, 0.5) is 0 Å². The van der Waals surface area contributed by atoms with Gasteiger partial charge in [0.25, 0.3) is 5.91 Å². The van der Waals surface area contributed by atoms with E-state index in [0.29, 0.717) is 12.2 Å². The summed E-state index contributed by atoms with van der Waals surface area (Å²) in [7, 11) is 0. The highest BCUT2D eigenvalue weighted by molar-refractivity contribution is 7.13. The van der Waals surface area contributed by atoms with Crippen molar-refractivity contribution in [1.82, 2.24) is 20.0 Å². The number of ether oxygens (including phenoxy) is 1. The van der Waals surface area contributed by atoms with Crippen LogP contribution in [-0.2, 0) is 4.74 Å². The van der Waals surface area contributed by atoms with Crippen LogP contribution < -0.4 is 5.32 Å². The largest absolute Gasteiger partial charge is 0.373 e. The van der Waals surface area contributed by atoms with Gasteiger partial charge in [0, 0.05) is 26.2 Å². The second-order valence-electron chi connectivity index (χ2n) is 7.77. The van der Waals surface area contributed by atoms with Crippen LogP contribution in [0.3, 0.4) is 0 Å². The van der Waals surface area contributed by atoms with Crippen molar-refractivity contribution in [2.45, 2.75) is 32.5 Å². The molecule has 1 aliphatic rings. The average molecular weight is 425 g/mol. The van der Waals surface area contributed by atoms with Crippen molar-refractivity contribution in [1.29, 1.82) is 0 Å². The fourth-order valence-corrected chi connectivity index (χ4v) is 4.60. The number of benzene rings is 1. The Morgan fingerprint density at radius 3 is 2.63 bits per heavy atom. The van der Waals surface area contributed by atoms with Crippen molar-refractivity contribution in [3.63, 3.8) is 0 Å². The zero-order valence-electron chi connectivity index (χ0n) is 17.5. The Morgan fingerprint density at radius 2 is 1.93 bits per heavy atom. The maximum Gasteiger partial charge on any atom is 0.270 e. The van der Waals surface area contributed by atoms with Crippen LogP contribution >= 0.6 is 11.3 Å². The molecule has 3 heterocycles. The van der Waals surface area contributed by atoms with Crippen LogP contribution in [-0.4, -0.2) is 59.0 Å². The van der Waals surface area contributed by atoms with Crippen molar-refractivity contribution in [3.8, 4) is 16.3 Å². The molecule has 0 spiro atoms. The first-order valence-corrected chi connectivity index (χ1v) is 11.3. The highest BCUT2D eigenvalue weighted by atomic mass is 32.1. The number of thiophene rings is 1. The Morgan fingerprint density at radius 1 is 1.17 bits per heavy atom. The van der Waals surface area contributed by atoms with Gasteiger partial charge >= 0.3 is 0 Å². The molecule has 30 heavy (non-hydrogen) atoms. The smallest absolute Gasteiger partial charge is 0.270 e. The molecule has 2 atom stereocenters. The molecule has 2 aromatic heterocycles. The number of para-hydroxylation sites is 1. The molecule has 6 nitrogen and oxygen atoms in total. The van der Waals surface area contributed by atoms with Crippen molar-refractivity contribution in [2.75, 3.05) is 26.2 Å². The topological polar surface area (TPSA) is 59.4 Å². The maximum absolute atomic E-state index is 13.0. The van der Waals surface area contributed by atoms with Gasteiger partial charge in [-0.2, -0.15) is 5.10 Å². The first-order chi connectivity index (χ1) is 14.6. The van der Waals surface area contributed by atoms with E-state index in [1.165, 1.54) is 0 Å². The molecule has 1 aromatic carbocycles. The van der Waals surface area contributed by atoms with Crippen molar-refractivity contribution in [3.05, 3.63) is 59.6 Å². The number of nitrogens with zero attached hydrogens (tertiary/aromatic N) is 3. The van der Waals surface area contributed by atoms with Gasteiger partial charge in [-0.1, -0.05) is 24.3 Å². The van der Waals surface area contributed by atoms with E-state index in [-0.39, 0.29) is 18.1 Å². The summed E-state index contributed by atoms with van der Waals surface area (Å²) < 4.78 is 7.52. The molecule has 1 fully saturated rings. The lowest BCUT2D eigenvalue weighted by molar-refractivity contribution is -0.0680. The number of amides is 1. The highest BCUT2D eigenvalue weighted by Crippen LogP contribution is 2.25. The van der Waals surface area contributed by atoms with Crippen LogP contribution in [0.25, 0.3) is 16.3 Å². The molecule has 4 rings (SSSR count). The Kier molecular flexibility index (Phi) is 6.62. The monoisotopic (exact) mass is 424 g/mol. The second-order valence-corrected chi connectivity index (χ2v) is 8.71. The molecular weight excluding hydrogens is 396 g/mol. The summed E-state index contributed by atoms with van der Waals surface area (Å²) >= 11 is 1.62. The van der Waals surface area contributed by atoms with Gasteiger partial charge in [-0.15, -0.1) is 11.3 Å². The lowest BCUT2D eigenvalue weighted by Crippen LogP contribution is -2.46. The van der Waals surface area contributed by atoms with Crippen LogP contribution in [0, 0.1) is 0 Å². The van der Waals surface area contributed by atoms with E-state index < -0.39 is 0 Å². The minimum absolute atomic E-state index is 0.0992. The first-order valence-electron chi connectivity index (χ1n) is 10.5. The van der Waals surface area contributed by atoms with Gasteiger partial charge in [0.05, 0.1) is 22.8 Å². The zero-order chi connectivity index (χ0) is 20.9. The van der Waals surface area contributed by atoms with Crippen molar-refractivity contribution >= 4 is 17.2 Å². The van der Waals surface area contributed by atoms with E-state index >= 15 is 0 Å². The van der Waals surface area contributed by atoms with E-state index in [1.54, 1.807) is 16.0 Å². The van der Waals surface area contributed by atoms with Crippen LogP contribution in [0.1, 0.15) is 30.8 Å². The summed E-state index contributed by atoms with van der Waals surface area (Å²) in [6.07, 6.45) is 1.43. The molecule has 1 aliphatic heterocycles. The fourth-order valence-electron chi connectivity index (χ4n) is 3.92. The Labute approximate surface area is 181 Å². The van der Waals surface area contributed by atoms with Gasteiger partial charge in [-0.3, -0.25) is 9.69 Å². The van der Waals surface area contributed by atoms with Gasteiger partial charge < -0.3 is 10.1 Å². The third-order valence-electron chi connectivity index (χ3n) is 5.15. The number of nitrogens with one attached hydrogen (secondary N) is 1. The average Bonchev–Trinajstić information content (AvgIpc) is 3.41. The van der Waals surface area contributed by atoms with Crippen LogP contribution in [0.15, 0.2) is 53.9 Å². The molecule has 0 saturated carbocycles. The molecule has 7 heteroatoms. The predicted molar refractivity (Wildman–Crippen MR) is 120 cm³/mol. The van der Waals surface area contributed by atoms with Crippen molar-refractivity contribution in [2.24, 2.45) is 0 Å². The van der Waals surface area contributed by atoms with E-state index in [4.69, 9.17) is 9.84 Å². The standard InChI is InChI=1S/C23H28N4O2S/c1-17-15-26(16-18(2)29-17)12-7-11-24-23(28)21-14-20(22-10-6-13-30-22)25-27(21)19-8-4-3-5-9-19/h3-6,8-10,13-14,17-18H,7,11-12,15-16H2,1-2H3,(H,24,28)/t17-,18-/m0/s1. The number of carbonyl (C=O) groups is 1. The second kappa shape index (κ2) is 9.55. The quantitative estimate of drug-likeness (QED) is 0.586. The molecule has 0 unspecified atom stereocenters. The maximum atomic E-state index is 13.0. The lowest BCUT2D eigenvalue weighted by Gasteiger charge is -2.35. The van der Waals surface area contributed by atoms with Gasteiger partial charge in [0.1, 0.15) is 11.4 Å². The first kappa shape index (κ1) is 20.8. The van der Waals surface area contributed by atoms with E-state index in [9.17, 15) is 4.79 Å². The number of aromatic nitrogens is 2. The molecule has 0 bridgehead atoms. The minimum Gasteiger partial charge on any atom is -0.373 e. The summed E-state index contributed by atoms with van der Waals surface area (Å²) in [5.41, 5.74) is 2.25. The summed E-state index contributed by atoms with van der Waals surface area (Å²) in [5, 5.41) is 9.80. The number of morpholine rings is 1. The van der Waals surface area contributed by atoms with E-state index in [1.807, 2.05) is 53.9 Å². The molecule has 1 saturated heterocycles. The molecule has 0 aliphatic carbocycles. The summed E-state index contributed by atoms with van der Waals surface area (Å²) in [6.45, 7) is 7.71. The molecule has 1 N–H and O–H groups in total. The third-order valence-corrected chi connectivity index (χ3v) is 6.04.